The normalized spacial score (nSPS) is 12.2. The maximum atomic E-state index is 5.90. The standard InChI is InChI=1S/C16H8O2S/c1-3-7-11-9(5-1)13-14-10-6-2-4-8-12(10)18-16(14)19-15(13)17-11/h1-8H. The number of benzene rings is 2. The molecule has 2 aromatic carbocycles. The molecular weight excluding hydrogens is 256 g/mol. The van der Waals surface area contributed by atoms with E-state index in [4.69, 9.17) is 8.83 Å². The fourth-order valence-corrected chi connectivity index (χ4v) is 3.81. The Morgan fingerprint density at radius 1 is 0.632 bits per heavy atom. The van der Waals surface area contributed by atoms with Crippen LogP contribution in [0.3, 0.4) is 0 Å². The molecule has 0 fully saturated rings. The lowest BCUT2D eigenvalue weighted by molar-refractivity contribution is 0.674. The van der Waals surface area contributed by atoms with Crippen molar-refractivity contribution in [3.63, 3.8) is 0 Å². The Morgan fingerprint density at radius 3 is 1.63 bits per heavy atom. The van der Waals surface area contributed by atoms with Crippen LogP contribution in [-0.4, -0.2) is 0 Å². The van der Waals surface area contributed by atoms with Gasteiger partial charge in [0, 0.05) is 10.8 Å². The molecule has 0 amide bonds. The maximum absolute atomic E-state index is 5.90. The predicted octanol–water partition coefficient (Wildman–Crippen LogP) is 5.55. The van der Waals surface area contributed by atoms with E-state index >= 15 is 0 Å². The smallest absolute Gasteiger partial charge is 0.193 e. The molecule has 0 N–H and O–H groups in total. The van der Waals surface area contributed by atoms with Crippen molar-refractivity contribution in [1.29, 1.82) is 0 Å². The molecule has 3 heterocycles. The van der Waals surface area contributed by atoms with E-state index in [1.165, 1.54) is 10.8 Å². The van der Waals surface area contributed by atoms with Crippen LogP contribution in [0, 0.1) is 0 Å². The number of furan rings is 2. The Bertz CT molecular complexity index is 977. The van der Waals surface area contributed by atoms with Gasteiger partial charge < -0.3 is 8.83 Å². The van der Waals surface area contributed by atoms with Crippen molar-refractivity contribution in [3.8, 4) is 0 Å². The zero-order valence-electron chi connectivity index (χ0n) is 9.84. The molecule has 0 saturated heterocycles. The first kappa shape index (κ1) is 9.64. The molecule has 0 aliphatic rings. The third kappa shape index (κ3) is 1.11. The summed E-state index contributed by atoms with van der Waals surface area (Å²) in [5.41, 5.74) is 1.88. The van der Waals surface area contributed by atoms with E-state index in [0.29, 0.717) is 0 Å². The number of hydrogen-bond acceptors (Lipinski definition) is 3. The summed E-state index contributed by atoms with van der Waals surface area (Å²) in [6.07, 6.45) is 0. The lowest BCUT2D eigenvalue weighted by atomic mass is 10.1. The quantitative estimate of drug-likeness (QED) is 0.366. The van der Waals surface area contributed by atoms with E-state index < -0.39 is 0 Å². The molecule has 3 heteroatoms. The predicted molar refractivity (Wildman–Crippen MR) is 78.9 cm³/mol. The Morgan fingerprint density at radius 2 is 1.11 bits per heavy atom. The summed E-state index contributed by atoms with van der Waals surface area (Å²) in [4.78, 5) is 1.89. The molecule has 0 spiro atoms. The molecule has 0 bridgehead atoms. The summed E-state index contributed by atoms with van der Waals surface area (Å²) in [7, 11) is 0. The van der Waals surface area contributed by atoms with E-state index in [1.807, 2.05) is 36.4 Å². The molecule has 19 heavy (non-hydrogen) atoms. The summed E-state index contributed by atoms with van der Waals surface area (Å²) in [5.74, 6) is 0. The van der Waals surface area contributed by atoms with E-state index in [2.05, 4.69) is 12.1 Å². The van der Waals surface area contributed by atoms with Gasteiger partial charge in [-0.25, -0.2) is 0 Å². The lowest BCUT2D eigenvalue weighted by Crippen LogP contribution is -1.65. The number of para-hydroxylation sites is 2. The van der Waals surface area contributed by atoms with Gasteiger partial charge in [0.2, 0.25) is 0 Å². The molecule has 0 radical (unpaired) electrons. The third-order valence-corrected chi connectivity index (χ3v) is 4.51. The highest BCUT2D eigenvalue weighted by Gasteiger charge is 2.18. The van der Waals surface area contributed by atoms with E-state index in [-0.39, 0.29) is 0 Å². The van der Waals surface area contributed by atoms with Crippen LogP contribution >= 0.6 is 11.3 Å². The van der Waals surface area contributed by atoms with Crippen LogP contribution in [-0.2, 0) is 0 Å². The van der Waals surface area contributed by atoms with Crippen molar-refractivity contribution in [2.45, 2.75) is 0 Å². The highest BCUT2D eigenvalue weighted by Crippen LogP contribution is 2.44. The number of rotatable bonds is 0. The second-order valence-corrected chi connectivity index (χ2v) is 5.57. The van der Waals surface area contributed by atoms with Gasteiger partial charge in [0.05, 0.1) is 10.8 Å². The first-order chi connectivity index (χ1) is 9.42. The Hall–Kier alpha value is -2.26. The average molecular weight is 264 g/mol. The minimum atomic E-state index is 0.941. The first-order valence-corrected chi connectivity index (χ1v) is 6.95. The van der Waals surface area contributed by atoms with Crippen molar-refractivity contribution in [2.75, 3.05) is 0 Å². The summed E-state index contributed by atoms with van der Waals surface area (Å²) < 4.78 is 11.8. The largest absolute Gasteiger partial charge is 0.445 e. The fraction of sp³-hybridized carbons (Fsp3) is 0. The average Bonchev–Trinajstić information content (AvgIpc) is 3.04. The Balaban J connectivity index is 2.16. The van der Waals surface area contributed by atoms with Crippen LogP contribution in [0.1, 0.15) is 0 Å². The van der Waals surface area contributed by atoms with E-state index in [0.717, 1.165) is 31.7 Å². The van der Waals surface area contributed by atoms with Crippen LogP contribution in [0.15, 0.2) is 57.4 Å². The monoisotopic (exact) mass is 264 g/mol. The lowest BCUT2D eigenvalue weighted by Gasteiger charge is -1.87. The number of thiophene rings is 1. The molecule has 0 atom stereocenters. The second kappa shape index (κ2) is 3.19. The van der Waals surface area contributed by atoms with Gasteiger partial charge in [0.15, 0.2) is 9.79 Å². The van der Waals surface area contributed by atoms with Gasteiger partial charge in [-0.05, 0) is 12.1 Å². The van der Waals surface area contributed by atoms with Gasteiger partial charge in [0.1, 0.15) is 11.2 Å². The fourth-order valence-electron chi connectivity index (χ4n) is 2.75. The summed E-state index contributed by atoms with van der Waals surface area (Å²) >= 11 is 1.58. The van der Waals surface area contributed by atoms with Crippen LogP contribution in [0.4, 0.5) is 0 Å². The Kier molecular flexibility index (Phi) is 1.62. The highest BCUT2D eigenvalue weighted by atomic mass is 32.1. The van der Waals surface area contributed by atoms with E-state index in [9.17, 15) is 0 Å². The number of fused-ring (bicyclic) bond motifs is 7. The van der Waals surface area contributed by atoms with Gasteiger partial charge >= 0.3 is 0 Å². The molecule has 5 aromatic rings. The first-order valence-electron chi connectivity index (χ1n) is 6.13. The maximum Gasteiger partial charge on any atom is 0.193 e. The molecule has 3 aromatic heterocycles. The van der Waals surface area contributed by atoms with Crippen molar-refractivity contribution in [2.24, 2.45) is 0 Å². The summed E-state index contributed by atoms with van der Waals surface area (Å²) in [6.45, 7) is 0. The van der Waals surface area contributed by atoms with Gasteiger partial charge in [-0.2, -0.15) is 0 Å². The van der Waals surface area contributed by atoms with Gasteiger partial charge in [0.25, 0.3) is 0 Å². The second-order valence-electron chi connectivity index (χ2n) is 4.62. The Labute approximate surface area is 111 Å². The van der Waals surface area contributed by atoms with Crippen molar-refractivity contribution in [3.05, 3.63) is 48.5 Å². The molecular formula is C16H8O2S. The summed E-state index contributed by atoms with van der Waals surface area (Å²) in [5, 5.41) is 4.69. The van der Waals surface area contributed by atoms with E-state index in [1.54, 1.807) is 11.3 Å². The minimum Gasteiger partial charge on any atom is -0.445 e. The van der Waals surface area contributed by atoms with Gasteiger partial charge in [-0.3, -0.25) is 0 Å². The molecule has 90 valence electrons. The van der Waals surface area contributed by atoms with Crippen LogP contribution < -0.4 is 0 Å². The molecule has 0 unspecified atom stereocenters. The SMILES string of the molecule is c1ccc2c(c1)oc1sc3oc4ccccc4c3c12. The molecule has 0 saturated carbocycles. The summed E-state index contributed by atoms with van der Waals surface area (Å²) in [6, 6.07) is 16.3. The third-order valence-electron chi connectivity index (χ3n) is 3.56. The minimum absolute atomic E-state index is 0.941. The van der Waals surface area contributed by atoms with Crippen LogP contribution in [0.5, 0.6) is 0 Å². The molecule has 0 aliphatic heterocycles. The van der Waals surface area contributed by atoms with Crippen molar-refractivity contribution in [1.82, 2.24) is 0 Å². The van der Waals surface area contributed by atoms with Gasteiger partial charge in [-0.1, -0.05) is 47.7 Å². The van der Waals surface area contributed by atoms with Crippen LogP contribution in [0.25, 0.3) is 42.5 Å². The van der Waals surface area contributed by atoms with Crippen LogP contribution in [0.2, 0.25) is 0 Å². The molecule has 5 rings (SSSR count). The molecule has 0 aliphatic carbocycles. The number of hydrogen-bond donors (Lipinski definition) is 0. The zero-order valence-corrected chi connectivity index (χ0v) is 10.7. The van der Waals surface area contributed by atoms with Gasteiger partial charge in [-0.15, -0.1) is 0 Å². The molecule has 2 nitrogen and oxygen atoms in total. The topological polar surface area (TPSA) is 26.3 Å². The van der Waals surface area contributed by atoms with Crippen molar-refractivity contribution >= 4 is 53.8 Å². The highest BCUT2D eigenvalue weighted by molar-refractivity contribution is 7.25. The zero-order chi connectivity index (χ0) is 12.4. The van der Waals surface area contributed by atoms with Crippen molar-refractivity contribution < 1.29 is 8.83 Å².